The van der Waals surface area contributed by atoms with Crippen molar-refractivity contribution in [2.75, 3.05) is 26.3 Å². The van der Waals surface area contributed by atoms with Gasteiger partial charge in [0.1, 0.15) is 0 Å². The summed E-state index contributed by atoms with van der Waals surface area (Å²) >= 11 is 6.64. The number of aliphatic carboxylic acids is 1. The predicted molar refractivity (Wildman–Crippen MR) is 148 cm³/mol. The summed E-state index contributed by atoms with van der Waals surface area (Å²) in [6.45, 7) is 2.97. The highest BCUT2D eigenvalue weighted by Crippen LogP contribution is 2.44. The van der Waals surface area contributed by atoms with Crippen molar-refractivity contribution in [1.82, 2.24) is 14.7 Å². The molecule has 2 saturated heterocycles. The summed E-state index contributed by atoms with van der Waals surface area (Å²) in [6.07, 6.45) is 8.49. The van der Waals surface area contributed by atoms with Crippen molar-refractivity contribution in [3.05, 3.63) is 57.4 Å². The normalized spacial score (nSPS) is 25.3. The summed E-state index contributed by atoms with van der Waals surface area (Å²) in [7, 11) is 0. The number of amides is 1. The number of likely N-dealkylation sites (tertiary alicyclic amines) is 1. The Labute approximate surface area is 238 Å². The van der Waals surface area contributed by atoms with E-state index in [-0.39, 0.29) is 29.1 Å². The number of hydrogen-bond donors (Lipinski definition) is 1. The third kappa shape index (κ3) is 4.40. The van der Waals surface area contributed by atoms with Crippen LogP contribution in [0.25, 0.3) is 5.57 Å². The molecule has 0 bridgehead atoms. The summed E-state index contributed by atoms with van der Waals surface area (Å²) in [5.74, 6) is -1.11. The quantitative estimate of drug-likeness (QED) is 0.564. The fraction of sp³-hybridized carbons (Fsp3) is 0.548. The lowest BCUT2D eigenvalue weighted by molar-refractivity contribution is -0.142. The number of nitrogens with zero attached hydrogens (tertiary/aromatic N) is 3. The molecule has 8 nitrogen and oxygen atoms in total. The van der Waals surface area contributed by atoms with E-state index < -0.39 is 5.97 Å². The van der Waals surface area contributed by atoms with Gasteiger partial charge in [0, 0.05) is 36.4 Å². The van der Waals surface area contributed by atoms with Gasteiger partial charge in [0.15, 0.2) is 0 Å². The van der Waals surface area contributed by atoms with Gasteiger partial charge in [-0.05, 0) is 74.5 Å². The molecule has 2 aliphatic heterocycles. The van der Waals surface area contributed by atoms with Crippen molar-refractivity contribution in [3.63, 3.8) is 0 Å². The smallest absolute Gasteiger partial charge is 0.306 e. The van der Waals surface area contributed by atoms with Crippen LogP contribution < -0.4 is 0 Å². The molecule has 3 heterocycles. The molecule has 3 fully saturated rings. The Morgan fingerprint density at radius 1 is 1.07 bits per heavy atom. The van der Waals surface area contributed by atoms with E-state index in [2.05, 4.69) is 0 Å². The van der Waals surface area contributed by atoms with Crippen LogP contribution in [0.2, 0.25) is 5.02 Å². The van der Waals surface area contributed by atoms with Crippen LogP contribution in [-0.2, 0) is 27.2 Å². The minimum Gasteiger partial charge on any atom is -0.481 e. The van der Waals surface area contributed by atoms with Gasteiger partial charge in [0.05, 0.1) is 41.1 Å². The Morgan fingerprint density at radius 2 is 1.88 bits per heavy atom. The highest BCUT2D eigenvalue weighted by Gasteiger charge is 2.47. The number of aromatic nitrogens is 2. The Morgan fingerprint density at radius 3 is 2.52 bits per heavy atom. The number of allylic oxidation sites excluding steroid dienone is 2. The maximum atomic E-state index is 14.2. The minimum absolute atomic E-state index is 0.130. The number of carboxylic acid groups (broad SMARTS) is 1. The Hall–Kier alpha value is -2.97. The lowest BCUT2D eigenvalue weighted by atomic mass is 9.82. The molecule has 2 atom stereocenters. The second-order valence-electron chi connectivity index (χ2n) is 12.5. The molecule has 1 saturated carbocycles. The number of carbonyl (C=O) groups excluding carboxylic acids is 2. The van der Waals surface area contributed by atoms with E-state index in [4.69, 9.17) is 21.4 Å². The molecule has 3 aliphatic carbocycles. The first-order chi connectivity index (χ1) is 19.3. The van der Waals surface area contributed by atoms with E-state index >= 15 is 0 Å². The standard InChI is InChI=1S/C31H34ClN3O5/c32-24-3-1-2-22(18-4-5-18)26(24)29(37)35-25-14-21(28(36)34-13-12-31(15-34)16-40-17-31)10-11-23(25)27(33-35)19-6-8-20(9-7-19)30(38)39/h1-3,6,18,20-21H,4-5,7-17H2,(H,38,39). The van der Waals surface area contributed by atoms with Crippen molar-refractivity contribution in [1.29, 1.82) is 0 Å². The van der Waals surface area contributed by atoms with E-state index in [1.54, 1.807) is 6.07 Å². The van der Waals surface area contributed by atoms with E-state index in [1.165, 1.54) is 4.68 Å². The van der Waals surface area contributed by atoms with Gasteiger partial charge < -0.3 is 14.7 Å². The van der Waals surface area contributed by atoms with Crippen LogP contribution in [0.1, 0.15) is 83.7 Å². The fourth-order valence-corrected chi connectivity index (χ4v) is 7.40. The second-order valence-corrected chi connectivity index (χ2v) is 12.9. The van der Waals surface area contributed by atoms with Gasteiger partial charge >= 0.3 is 5.97 Å². The molecular formula is C31H34ClN3O5. The van der Waals surface area contributed by atoms with Crippen LogP contribution in [0, 0.1) is 17.3 Å². The van der Waals surface area contributed by atoms with Crippen molar-refractivity contribution in [2.45, 2.75) is 63.7 Å². The zero-order valence-electron chi connectivity index (χ0n) is 22.5. The van der Waals surface area contributed by atoms with E-state index in [9.17, 15) is 19.5 Å². The van der Waals surface area contributed by atoms with Crippen LogP contribution in [0.5, 0.6) is 0 Å². The summed E-state index contributed by atoms with van der Waals surface area (Å²) in [5.41, 5.74) is 5.20. The number of halogens is 1. The van der Waals surface area contributed by atoms with E-state index in [0.29, 0.717) is 55.0 Å². The zero-order valence-corrected chi connectivity index (χ0v) is 23.3. The second kappa shape index (κ2) is 9.84. The molecule has 2 aromatic rings. The Bertz CT molecular complexity index is 1440. The molecule has 1 spiro atoms. The lowest BCUT2D eigenvalue weighted by Crippen LogP contribution is -2.46. The van der Waals surface area contributed by atoms with Crippen molar-refractivity contribution in [2.24, 2.45) is 17.3 Å². The molecule has 1 aromatic heterocycles. The Kier molecular flexibility index (Phi) is 6.39. The molecular weight excluding hydrogens is 530 g/mol. The average Bonchev–Trinajstić information content (AvgIpc) is 3.56. The van der Waals surface area contributed by atoms with Crippen molar-refractivity contribution in [3.8, 4) is 0 Å². The number of hydrogen-bond acceptors (Lipinski definition) is 5. The Balaban J connectivity index is 1.24. The van der Waals surface area contributed by atoms with Crippen LogP contribution in [0.3, 0.4) is 0 Å². The lowest BCUT2D eigenvalue weighted by Gasteiger charge is -2.38. The molecule has 1 N–H and O–H groups in total. The fourth-order valence-electron chi connectivity index (χ4n) is 7.14. The monoisotopic (exact) mass is 563 g/mol. The van der Waals surface area contributed by atoms with E-state index in [1.807, 2.05) is 23.1 Å². The molecule has 210 valence electrons. The highest BCUT2D eigenvalue weighted by molar-refractivity contribution is 6.34. The number of carboxylic acids is 1. The number of benzene rings is 1. The van der Waals surface area contributed by atoms with Gasteiger partial charge in [-0.25, -0.2) is 0 Å². The largest absolute Gasteiger partial charge is 0.481 e. The molecule has 0 radical (unpaired) electrons. The summed E-state index contributed by atoms with van der Waals surface area (Å²) < 4.78 is 6.97. The average molecular weight is 564 g/mol. The van der Waals surface area contributed by atoms with Crippen molar-refractivity contribution >= 4 is 35.0 Å². The molecule has 5 aliphatic rings. The number of rotatable bonds is 5. The summed E-state index contributed by atoms with van der Waals surface area (Å²) in [4.78, 5) is 41.4. The topological polar surface area (TPSA) is 102 Å². The van der Waals surface area contributed by atoms with Gasteiger partial charge in [0.2, 0.25) is 5.91 Å². The highest BCUT2D eigenvalue weighted by atomic mass is 35.5. The number of ether oxygens (including phenoxy) is 1. The third-order valence-corrected chi connectivity index (χ3v) is 10.0. The van der Waals surface area contributed by atoms with Gasteiger partial charge in [0.25, 0.3) is 5.91 Å². The summed E-state index contributed by atoms with van der Waals surface area (Å²) in [5, 5.41) is 14.8. The SMILES string of the molecule is O=C(O)C1CC=C(c2nn(C(=O)c3c(Cl)cccc3C3CC3)c3c2CCC(C(=O)N2CCC4(COC4)C2)C3)CC1. The van der Waals surface area contributed by atoms with E-state index in [0.717, 1.165) is 73.7 Å². The van der Waals surface area contributed by atoms with Crippen LogP contribution in [0.4, 0.5) is 0 Å². The van der Waals surface area contributed by atoms with Crippen LogP contribution >= 0.6 is 11.6 Å². The molecule has 2 unspecified atom stereocenters. The molecule has 1 aromatic carbocycles. The van der Waals surface area contributed by atoms with Gasteiger partial charge in [-0.3, -0.25) is 14.4 Å². The maximum absolute atomic E-state index is 14.2. The first-order valence-corrected chi connectivity index (χ1v) is 14.9. The molecule has 7 rings (SSSR count). The molecule has 9 heteroatoms. The van der Waals surface area contributed by atoms with Crippen LogP contribution in [0.15, 0.2) is 24.3 Å². The molecule has 40 heavy (non-hydrogen) atoms. The van der Waals surface area contributed by atoms with Gasteiger partial charge in [-0.15, -0.1) is 0 Å². The maximum Gasteiger partial charge on any atom is 0.306 e. The van der Waals surface area contributed by atoms with Gasteiger partial charge in [-0.1, -0.05) is 29.8 Å². The first-order valence-electron chi connectivity index (χ1n) is 14.6. The zero-order chi connectivity index (χ0) is 27.6. The number of fused-ring (bicyclic) bond motifs is 1. The van der Waals surface area contributed by atoms with Crippen molar-refractivity contribution < 1.29 is 24.2 Å². The van der Waals surface area contributed by atoms with Crippen LogP contribution in [-0.4, -0.2) is 63.9 Å². The predicted octanol–water partition coefficient (Wildman–Crippen LogP) is 4.72. The first kappa shape index (κ1) is 26.0. The number of carbonyl (C=O) groups is 3. The minimum atomic E-state index is -0.775. The van der Waals surface area contributed by atoms with Gasteiger partial charge in [-0.2, -0.15) is 9.78 Å². The third-order valence-electron chi connectivity index (χ3n) is 9.72. The summed E-state index contributed by atoms with van der Waals surface area (Å²) in [6, 6.07) is 5.64. The molecule has 1 amide bonds.